The molecule has 6 heteroatoms. The molecule has 0 bridgehead atoms. The molecule has 0 aliphatic heterocycles. The zero-order chi connectivity index (χ0) is 13.6. The van der Waals surface area contributed by atoms with Crippen molar-refractivity contribution in [3.05, 3.63) is 29.8 Å². The molecule has 0 radical (unpaired) electrons. The van der Waals surface area contributed by atoms with Gasteiger partial charge in [0.25, 0.3) is 0 Å². The van der Waals surface area contributed by atoms with Gasteiger partial charge in [-0.2, -0.15) is 13.2 Å². The van der Waals surface area contributed by atoms with Crippen LogP contribution in [0.2, 0.25) is 0 Å². The van der Waals surface area contributed by atoms with Crippen LogP contribution < -0.4 is 11.1 Å². The Morgan fingerprint density at radius 2 is 1.89 bits per heavy atom. The van der Waals surface area contributed by atoms with Gasteiger partial charge in [0.2, 0.25) is 0 Å². The molecule has 1 rings (SSSR count). The van der Waals surface area contributed by atoms with E-state index in [2.05, 4.69) is 5.32 Å². The van der Waals surface area contributed by atoms with Crippen molar-refractivity contribution in [2.75, 3.05) is 25.6 Å². The Morgan fingerprint density at radius 3 is 2.33 bits per heavy atom. The summed E-state index contributed by atoms with van der Waals surface area (Å²) in [6.45, 7) is 0.944. The van der Waals surface area contributed by atoms with E-state index in [9.17, 15) is 13.2 Å². The van der Waals surface area contributed by atoms with Crippen molar-refractivity contribution >= 4 is 5.69 Å². The van der Waals surface area contributed by atoms with Gasteiger partial charge in [0, 0.05) is 12.8 Å². The Hall–Kier alpha value is -1.27. The van der Waals surface area contributed by atoms with E-state index in [0.717, 1.165) is 12.1 Å². The lowest BCUT2D eigenvalue weighted by atomic mass is 10.1. The highest BCUT2D eigenvalue weighted by Crippen LogP contribution is 2.29. The fraction of sp³-hybridized carbons (Fsp3) is 0.500. The molecule has 0 saturated heterocycles. The minimum absolute atomic E-state index is 0.00302. The number of halogens is 3. The number of ether oxygens (including phenoxy) is 1. The lowest BCUT2D eigenvalue weighted by Gasteiger charge is -2.18. The number of rotatable bonds is 6. The topological polar surface area (TPSA) is 47.3 Å². The molecule has 0 amide bonds. The third kappa shape index (κ3) is 4.54. The van der Waals surface area contributed by atoms with Crippen molar-refractivity contribution in [2.45, 2.75) is 18.6 Å². The molecule has 3 nitrogen and oxygen atoms in total. The number of nitrogens with two attached hydrogens (primary N) is 1. The number of hydrogen-bond acceptors (Lipinski definition) is 3. The SMILES string of the molecule is COCC(CCN)Nc1ccc(C(F)(F)F)cc1. The van der Waals surface area contributed by atoms with Crippen molar-refractivity contribution in [1.29, 1.82) is 0 Å². The highest BCUT2D eigenvalue weighted by molar-refractivity contribution is 5.46. The summed E-state index contributed by atoms with van der Waals surface area (Å²) in [7, 11) is 1.57. The quantitative estimate of drug-likeness (QED) is 0.828. The molecular weight excluding hydrogens is 245 g/mol. The van der Waals surface area contributed by atoms with Gasteiger partial charge >= 0.3 is 6.18 Å². The monoisotopic (exact) mass is 262 g/mol. The van der Waals surface area contributed by atoms with Crippen molar-refractivity contribution in [3.8, 4) is 0 Å². The molecule has 0 spiro atoms. The molecule has 0 aliphatic rings. The van der Waals surface area contributed by atoms with E-state index in [0.29, 0.717) is 25.3 Å². The maximum Gasteiger partial charge on any atom is 0.416 e. The zero-order valence-corrected chi connectivity index (χ0v) is 10.1. The molecule has 102 valence electrons. The number of anilines is 1. The Morgan fingerprint density at radius 1 is 1.28 bits per heavy atom. The maximum absolute atomic E-state index is 12.4. The fourth-order valence-corrected chi connectivity index (χ4v) is 1.59. The normalized spacial score (nSPS) is 13.4. The van der Waals surface area contributed by atoms with Crippen LogP contribution in [0.15, 0.2) is 24.3 Å². The molecule has 0 heterocycles. The molecule has 3 N–H and O–H groups in total. The van der Waals surface area contributed by atoms with Gasteiger partial charge in [0.05, 0.1) is 18.2 Å². The summed E-state index contributed by atoms with van der Waals surface area (Å²) in [5.41, 5.74) is 5.42. The molecule has 1 unspecified atom stereocenters. The molecule has 0 saturated carbocycles. The number of benzene rings is 1. The van der Waals surface area contributed by atoms with E-state index in [1.807, 2.05) is 0 Å². The lowest BCUT2D eigenvalue weighted by molar-refractivity contribution is -0.137. The summed E-state index contributed by atoms with van der Waals surface area (Å²) >= 11 is 0. The van der Waals surface area contributed by atoms with Crippen LogP contribution in [0.5, 0.6) is 0 Å². The number of nitrogens with one attached hydrogen (secondary N) is 1. The van der Waals surface area contributed by atoms with Gasteiger partial charge in [-0.25, -0.2) is 0 Å². The third-order valence-corrected chi connectivity index (χ3v) is 2.47. The van der Waals surface area contributed by atoms with Crippen molar-refractivity contribution in [3.63, 3.8) is 0 Å². The second-order valence-electron chi connectivity index (χ2n) is 3.95. The molecule has 0 aromatic heterocycles. The smallest absolute Gasteiger partial charge is 0.383 e. The van der Waals surface area contributed by atoms with Crippen molar-refractivity contribution in [1.82, 2.24) is 0 Å². The first-order valence-electron chi connectivity index (χ1n) is 5.60. The van der Waals surface area contributed by atoms with Crippen LogP contribution in [0.3, 0.4) is 0 Å². The van der Waals surface area contributed by atoms with Crippen LogP contribution in [0.1, 0.15) is 12.0 Å². The lowest BCUT2D eigenvalue weighted by Crippen LogP contribution is -2.27. The minimum atomic E-state index is -4.30. The first kappa shape index (κ1) is 14.8. The Kier molecular flexibility index (Phi) is 5.43. The molecule has 1 atom stereocenters. The maximum atomic E-state index is 12.4. The van der Waals surface area contributed by atoms with Gasteiger partial charge < -0.3 is 15.8 Å². The van der Waals surface area contributed by atoms with Gasteiger partial charge in [0.1, 0.15) is 0 Å². The van der Waals surface area contributed by atoms with Crippen LogP contribution in [-0.4, -0.2) is 26.3 Å². The van der Waals surface area contributed by atoms with Gasteiger partial charge in [-0.3, -0.25) is 0 Å². The number of hydrogen-bond donors (Lipinski definition) is 2. The van der Waals surface area contributed by atoms with Crippen LogP contribution in [0.4, 0.5) is 18.9 Å². The summed E-state index contributed by atoms with van der Waals surface area (Å²) in [5.74, 6) is 0. The Bertz CT molecular complexity index is 345. The standard InChI is InChI=1S/C12H17F3N2O/c1-18-8-11(6-7-16)17-10-4-2-9(3-5-10)12(13,14)15/h2-5,11,17H,6-8,16H2,1H3. The minimum Gasteiger partial charge on any atom is -0.383 e. The second kappa shape index (κ2) is 6.61. The van der Waals surface area contributed by atoms with Crippen LogP contribution in [0.25, 0.3) is 0 Å². The zero-order valence-electron chi connectivity index (χ0n) is 10.1. The summed E-state index contributed by atoms with van der Waals surface area (Å²) in [6.07, 6.45) is -3.61. The largest absolute Gasteiger partial charge is 0.416 e. The molecular formula is C12H17F3N2O. The van der Waals surface area contributed by atoms with E-state index < -0.39 is 11.7 Å². The van der Waals surface area contributed by atoms with E-state index in [4.69, 9.17) is 10.5 Å². The van der Waals surface area contributed by atoms with Gasteiger partial charge in [0.15, 0.2) is 0 Å². The van der Waals surface area contributed by atoms with Crippen molar-refractivity contribution in [2.24, 2.45) is 5.73 Å². The highest BCUT2D eigenvalue weighted by atomic mass is 19.4. The highest BCUT2D eigenvalue weighted by Gasteiger charge is 2.29. The molecule has 0 aliphatic carbocycles. The van der Waals surface area contributed by atoms with Crippen molar-refractivity contribution < 1.29 is 17.9 Å². The summed E-state index contributed by atoms with van der Waals surface area (Å²) in [6, 6.07) is 4.91. The Labute approximate surface area is 104 Å². The second-order valence-corrected chi connectivity index (χ2v) is 3.95. The molecule has 1 aromatic rings. The van der Waals surface area contributed by atoms with E-state index in [1.54, 1.807) is 7.11 Å². The first-order chi connectivity index (χ1) is 8.47. The van der Waals surface area contributed by atoms with Crippen LogP contribution in [-0.2, 0) is 10.9 Å². The Balaban J connectivity index is 2.67. The van der Waals surface area contributed by atoms with E-state index >= 15 is 0 Å². The van der Waals surface area contributed by atoms with Crippen LogP contribution in [0, 0.1) is 0 Å². The van der Waals surface area contributed by atoms with E-state index in [1.165, 1.54) is 12.1 Å². The molecule has 1 aromatic carbocycles. The summed E-state index contributed by atoms with van der Waals surface area (Å²) < 4.78 is 42.1. The summed E-state index contributed by atoms with van der Waals surface area (Å²) in [5, 5.41) is 3.09. The number of alkyl halides is 3. The third-order valence-electron chi connectivity index (χ3n) is 2.47. The van der Waals surface area contributed by atoms with Gasteiger partial charge in [-0.15, -0.1) is 0 Å². The van der Waals surface area contributed by atoms with Gasteiger partial charge in [-0.05, 0) is 37.2 Å². The van der Waals surface area contributed by atoms with Gasteiger partial charge in [-0.1, -0.05) is 0 Å². The molecule has 0 fully saturated rings. The first-order valence-corrected chi connectivity index (χ1v) is 5.60. The van der Waals surface area contributed by atoms with E-state index in [-0.39, 0.29) is 6.04 Å². The average molecular weight is 262 g/mol. The fourth-order valence-electron chi connectivity index (χ4n) is 1.59. The molecule has 18 heavy (non-hydrogen) atoms. The predicted octanol–water partition coefficient (Wildman–Crippen LogP) is 2.48. The van der Waals surface area contributed by atoms with Crippen LogP contribution >= 0.6 is 0 Å². The number of methoxy groups -OCH3 is 1. The average Bonchev–Trinajstić information content (AvgIpc) is 2.29. The predicted molar refractivity (Wildman–Crippen MR) is 64.4 cm³/mol. The summed E-state index contributed by atoms with van der Waals surface area (Å²) in [4.78, 5) is 0.